The van der Waals surface area contributed by atoms with Gasteiger partial charge in [0.2, 0.25) is 11.7 Å². The summed E-state index contributed by atoms with van der Waals surface area (Å²) in [4.78, 5) is 28.9. The maximum atomic E-state index is 12.6. The van der Waals surface area contributed by atoms with Gasteiger partial charge in [-0.15, -0.1) is 5.10 Å². The molecule has 142 valence electrons. The molecule has 0 radical (unpaired) electrons. The highest BCUT2D eigenvalue weighted by molar-refractivity contribution is 5.76. The average Bonchev–Trinajstić information content (AvgIpc) is 3.33. The molecule has 1 aromatic carbocycles. The average molecular weight is 378 g/mol. The van der Waals surface area contributed by atoms with Gasteiger partial charge in [0.05, 0.1) is 5.56 Å². The highest BCUT2D eigenvalue weighted by Crippen LogP contribution is 2.24. The van der Waals surface area contributed by atoms with Gasteiger partial charge in [-0.1, -0.05) is 42.4 Å². The monoisotopic (exact) mass is 378 g/mol. The smallest absolute Gasteiger partial charge is 0.350 e. The number of nitrogens with zero attached hydrogens (tertiary/aromatic N) is 5. The summed E-state index contributed by atoms with van der Waals surface area (Å²) in [6, 6.07) is 12.9. The molecule has 9 nitrogen and oxygen atoms in total. The lowest BCUT2D eigenvalue weighted by Gasteiger charge is -2.01. The lowest BCUT2D eigenvalue weighted by molar-refractivity contribution is -0.121. The van der Waals surface area contributed by atoms with Crippen LogP contribution in [0, 0.1) is 0 Å². The minimum absolute atomic E-state index is 0.154. The number of carbonyl (C=O) groups excluding carboxylic acids is 1. The summed E-state index contributed by atoms with van der Waals surface area (Å²) in [5, 5.41) is 11.0. The number of hydrogen-bond donors (Lipinski definition) is 1. The van der Waals surface area contributed by atoms with E-state index >= 15 is 0 Å². The van der Waals surface area contributed by atoms with Gasteiger partial charge in [0.25, 0.3) is 5.89 Å². The number of amides is 1. The quantitative estimate of drug-likeness (QED) is 0.548. The van der Waals surface area contributed by atoms with Crippen LogP contribution in [0.5, 0.6) is 0 Å². The van der Waals surface area contributed by atoms with Crippen LogP contribution in [-0.2, 0) is 11.3 Å². The fraction of sp³-hybridized carbons (Fsp3) is 0.211. The van der Waals surface area contributed by atoms with Gasteiger partial charge < -0.3 is 9.84 Å². The fourth-order valence-corrected chi connectivity index (χ4v) is 2.80. The lowest BCUT2D eigenvalue weighted by Crippen LogP contribution is -2.33. The standard InChI is InChI=1S/C19H18N6O3/c1-2-10-20-15(26)12-25-19(27)24-11-6-9-14(17(24)22-25)18-21-16(23-28-18)13-7-4-3-5-8-13/h3-9,11H,2,10,12H2,1H3,(H,20,26). The number of pyridine rings is 1. The van der Waals surface area contributed by atoms with Crippen LogP contribution in [0.1, 0.15) is 13.3 Å². The number of fused-ring (bicyclic) bond motifs is 1. The molecule has 1 amide bonds. The second kappa shape index (κ2) is 7.47. The molecule has 28 heavy (non-hydrogen) atoms. The summed E-state index contributed by atoms with van der Waals surface area (Å²) >= 11 is 0. The zero-order chi connectivity index (χ0) is 19.5. The Hall–Kier alpha value is -3.75. The lowest BCUT2D eigenvalue weighted by atomic mass is 10.2. The molecule has 1 N–H and O–H groups in total. The van der Waals surface area contributed by atoms with Gasteiger partial charge >= 0.3 is 5.69 Å². The van der Waals surface area contributed by atoms with E-state index in [1.807, 2.05) is 37.3 Å². The summed E-state index contributed by atoms with van der Waals surface area (Å²) < 4.78 is 7.87. The Bertz CT molecular complexity index is 1180. The summed E-state index contributed by atoms with van der Waals surface area (Å²) in [5.41, 5.74) is 1.27. The van der Waals surface area contributed by atoms with Gasteiger partial charge in [-0.3, -0.25) is 4.79 Å². The number of carbonyl (C=O) groups is 1. The molecule has 0 fully saturated rings. The third-order valence-corrected chi connectivity index (χ3v) is 4.16. The molecule has 4 aromatic rings. The third-order valence-electron chi connectivity index (χ3n) is 4.16. The van der Waals surface area contributed by atoms with Gasteiger partial charge in [0.1, 0.15) is 6.54 Å². The Morgan fingerprint density at radius 1 is 1.18 bits per heavy atom. The largest absolute Gasteiger partial charge is 0.355 e. The maximum Gasteiger partial charge on any atom is 0.350 e. The van der Waals surface area contributed by atoms with Crippen LogP contribution < -0.4 is 11.0 Å². The van der Waals surface area contributed by atoms with Gasteiger partial charge in [-0.05, 0) is 18.6 Å². The second-order valence-corrected chi connectivity index (χ2v) is 6.19. The van der Waals surface area contributed by atoms with E-state index < -0.39 is 5.69 Å². The zero-order valence-corrected chi connectivity index (χ0v) is 15.2. The molecular formula is C19H18N6O3. The van der Waals surface area contributed by atoms with Crippen molar-refractivity contribution in [3.63, 3.8) is 0 Å². The van der Waals surface area contributed by atoms with Crippen LogP contribution in [0.3, 0.4) is 0 Å². The van der Waals surface area contributed by atoms with E-state index in [0.717, 1.165) is 16.7 Å². The fourth-order valence-electron chi connectivity index (χ4n) is 2.80. The van der Waals surface area contributed by atoms with Crippen molar-refractivity contribution in [2.24, 2.45) is 0 Å². The maximum absolute atomic E-state index is 12.6. The van der Waals surface area contributed by atoms with E-state index in [0.29, 0.717) is 23.6 Å². The van der Waals surface area contributed by atoms with Crippen molar-refractivity contribution in [2.75, 3.05) is 6.54 Å². The molecule has 3 heterocycles. The van der Waals surface area contributed by atoms with Crippen LogP contribution in [0.4, 0.5) is 0 Å². The molecule has 3 aromatic heterocycles. The Morgan fingerprint density at radius 3 is 2.79 bits per heavy atom. The summed E-state index contributed by atoms with van der Waals surface area (Å²) in [6.07, 6.45) is 2.40. The van der Waals surface area contributed by atoms with Crippen molar-refractivity contribution in [1.29, 1.82) is 0 Å². The molecular weight excluding hydrogens is 360 g/mol. The van der Waals surface area contributed by atoms with Crippen LogP contribution in [0.25, 0.3) is 28.5 Å². The minimum atomic E-state index is -0.411. The molecule has 0 saturated carbocycles. The van der Waals surface area contributed by atoms with Crippen molar-refractivity contribution >= 4 is 11.6 Å². The first kappa shape index (κ1) is 17.7. The van der Waals surface area contributed by atoms with Crippen molar-refractivity contribution < 1.29 is 9.32 Å². The Labute approximate surface area is 159 Å². The van der Waals surface area contributed by atoms with E-state index in [1.165, 1.54) is 4.40 Å². The molecule has 9 heteroatoms. The SMILES string of the molecule is CCCNC(=O)Cn1nc2c(-c3nc(-c4ccccc4)no3)cccn2c1=O. The number of nitrogens with one attached hydrogen (secondary N) is 1. The van der Waals surface area contributed by atoms with Gasteiger partial charge in [0.15, 0.2) is 5.65 Å². The summed E-state index contributed by atoms with van der Waals surface area (Å²) in [5.74, 6) is 0.424. The van der Waals surface area contributed by atoms with Crippen molar-refractivity contribution in [3.05, 3.63) is 59.1 Å². The first-order valence-electron chi connectivity index (χ1n) is 8.91. The van der Waals surface area contributed by atoms with E-state index in [4.69, 9.17) is 4.52 Å². The predicted molar refractivity (Wildman–Crippen MR) is 101 cm³/mol. The van der Waals surface area contributed by atoms with Crippen molar-refractivity contribution in [2.45, 2.75) is 19.9 Å². The molecule has 0 aliphatic rings. The normalized spacial score (nSPS) is 11.0. The van der Waals surface area contributed by atoms with Gasteiger partial charge in [-0.2, -0.15) is 4.98 Å². The highest BCUT2D eigenvalue weighted by Gasteiger charge is 2.18. The number of rotatable bonds is 6. The van der Waals surface area contributed by atoms with E-state index in [9.17, 15) is 9.59 Å². The molecule has 0 aliphatic carbocycles. The first-order valence-corrected chi connectivity index (χ1v) is 8.91. The second-order valence-electron chi connectivity index (χ2n) is 6.19. The number of aromatic nitrogens is 5. The van der Waals surface area contributed by atoms with Crippen LogP contribution >= 0.6 is 0 Å². The Morgan fingerprint density at radius 2 is 2.00 bits per heavy atom. The van der Waals surface area contributed by atoms with Crippen molar-refractivity contribution in [1.82, 2.24) is 29.6 Å². The molecule has 0 atom stereocenters. The number of hydrogen-bond acceptors (Lipinski definition) is 6. The summed E-state index contributed by atoms with van der Waals surface area (Å²) in [6.45, 7) is 2.35. The van der Waals surface area contributed by atoms with E-state index in [2.05, 4.69) is 20.6 Å². The van der Waals surface area contributed by atoms with Crippen LogP contribution in [0.2, 0.25) is 0 Å². The molecule has 0 aliphatic heterocycles. The molecule has 0 unspecified atom stereocenters. The van der Waals surface area contributed by atoms with Crippen molar-refractivity contribution in [3.8, 4) is 22.8 Å². The number of benzene rings is 1. The zero-order valence-electron chi connectivity index (χ0n) is 15.2. The molecule has 0 bridgehead atoms. The van der Waals surface area contributed by atoms with E-state index in [-0.39, 0.29) is 18.3 Å². The predicted octanol–water partition coefficient (Wildman–Crippen LogP) is 1.74. The van der Waals surface area contributed by atoms with Crippen LogP contribution in [-0.4, -0.2) is 36.8 Å². The topological polar surface area (TPSA) is 107 Å². The minimum Gasteiger partial charge on any atom is -0.355 e. The molecule has 4 rings (SSSR count). The Kier molecular flexibility index (Phi) is 4.71. The molecule has 0 saturated heterocycles. The highest BCUT2D eigenvalue weighted by atomic mass is 16.5. The summed E-state index contributed by atoms with van der Waals surface area (Å²) in [7, 11) is 0. The van der Waals surface area contributed by atoms with E-state index in [1.54, 1.807) is 18.3 Å². The van der Waals surface area contributed by atoms with Gasteiger partial charge in [0, 0.05) is 18.3 Å². The third kappa shape index (κ3) is 3.29. The Balaban J connectivity index is 1.71. The van der Waals surface area contributed by atoms with Crippen LogP contribution in [0.15, 0.2) is 58.0 Å². The first-order chi connectivity index (χ1) is 13.7. The van der Waals surface area contributed by atoms with Gasteiger partial charge in [-0.25, -0.2) is 13.9 Å². The molecule has 0 spiro atoms.